The monoisotopic (exact) mass is 348 g/mol. The summed E-state index contributed by atoms with van der Waals surface area (Å²) in [4.78, 5) is 22.7. The SMILES string of the molecule is CCCN(CCC)C(=O)c1cc(C)nc(Nc2c(F)cccc2F)n1. The summed E-state index contributed by atoms with van der Waals surface area (Å²) in [7, 11) is 0. The van der Waals surface area contributed by atoms with Crippen molar-refractivity contribution in [3.63, 3.8) is 0 Å². The number of halogens is 2. The highest BCUT2D eigenvalue weighted by Gasteiger charge is 2.18. The van der Waals surface area contributed by atoms with Crippen LogP contribution in [0.3, 0.4) is 0 Å². The first-order valence-electron chi connectivity index (χ1n) is 8.32. The first-order valence-corrected chi connectivity index (χ1v) is 8.32. The Morgan fingerprint density at radius 3 is 2.28 bits per heavy atom. The van der Waals surface area contributed by atoms with Gasteiger partial charge in [0.15, 0.2) is 0 Å². The first-order chi connectivity index (χ1) is 12.0. The van der Waals surface area contributed by atoms with Gasteiger partial charge in [0.1, 0.15) is 23.0 Å². The number of nitrogens with zero attached hydrogens (tertiary/aromatic N) is 3. The van der Waals surface area contributed by atoms with Crippen LogP contribution in [-0.2, 0) is 0 Å². The highest BCUT2D eigenvalue weighted by Crippen LogP contribution is 2.21. The van der Waals surface area contributed by atoms with E-state index in [1.807, 2.05) is 13.8 Å². The number of benzene rings is 1. The molecule has 0 spiro atoms. The molecule has 5 nitrogen and oxygen atoms in total. The maximum absolute atomic E-state index is 13.8. The molecule has 0 aliphatic carbocycles. The lowest BCUT2D eigenvalue weighted by molar-refractivity contribution is 0.0749. The summed E-state index contributed by atoms with van der Waals surface area (Å²) >= 11 is 0. The van der Waals surface area contributed by atoms with Crippen molar-refractivity contribution < 1.29 is 13.6 Å². The van der Waals surface area contributed by atoms with Crippen LogP contribution in [-0.4, -0.2) is 33.9 Å². The van der Waals surface area contributed by atoms with Gasteiger partial charge in [0.25, 0.3) is 5.91 Å². The zero-order chi connectivity index (χ0) is 18.4. The minimum atomic E-state index is -0.753. The number of hydrogen-bond donors (Lipinski definition) is 1. The van der Waals surface area contributed by atoms with E-state index < -0.39 is 11.6 Å². The first kappa shape index (κ1) is 18.8. The third kappa shape index (κ3) is 4.71. The third-order valence-corrected chi connectivity index (χ3v) is 3.55. The number of hydrogen-bond acceptors (Lipinski definition) is 4. The maximum atomic E-state index is 13.8. The molecule has 1 amide bonds. The lowest BCUT2D eigenvalue weighted by Crippen LogP contribution is -2.33. The summed E-state index contributed by atoms with van der Waals surface area (Å²) in [5.41, 5.74) is 0.393. The third-order valence-electron chi connectivity index (χ3n) is 3.55. The maximum Gasteiger partial charge on any atom is 0.272 e. The molecule has 0 unspecified atom stereocenters. The van der Waals surface area contributed by atoms with Gasteiger partial charge in [0.2, 0.25) is 5.95 Å². The molecule has 1 aromatic carbocycles. The van der Waals surface area contributed by atoms with E-state index in [-0.39, 0.29) is 23.2 Å². The zero-order valence-corrected chi connectivity index (χ0v) is 14.6. The molecule has 0 aliphatic rings. The summed E-state index contributed by atoms with van der Waals surface area (Å²) in [6, 6.07) is 5.12. The molecule has 0 saturated heterocycles. The molecule has 2 rings (SSSR count). The lowest BCUT2D eigenvalue weighted by Gasteiger charge is -2.21. The normalized spacial score (nSPS) is 10.6. The average molecular weight is 348 g/mol. The number of nitrogens with one attached hydrogen (secondary N) is 1. The average Bonchev–Trinajstić information content (AvgIpc) is 2.57. The van der Waals surface area contributed by atoms with Crippen molar-refractivity contribution in [3.8, 4) is 0 Å². The minimum Gasteiger partial charge on any atom is -0.337 e. The van der Waals surface area contributed by atoms with E-state index >= 15 is 0 Å². The predicted molar refractivity (Wildman–Crippen MR) is 92.9 cm³/mol. The fourth-order valence-electron chi connectivity index (χ4n) is 2.48. The van der Waals surface area contributed by atoms with Crippen molar-refractivity contribution in [1.82, 2.24) is 14.9 Å². The summed E-state index contributed by atoms with van der Waals surface area (Å²) in [6.45, 7) is 6.94. The number of para-hydroxylation sites is 1. The Labute approximate surface area is 146 Å². The highest BCUT2D eigenvalue weighted by atomic mass is 19.1. The standard InChI is InChI=1S/C18H22F2N4O/c1-4-9-24(10-5-2)17(25)15-11-12(3)21-18(22-15)23-16-13(19)7-6-8-14(16)20/h6-8,11H,4-5,9-10H2,1-3H3,(H,21,22,23). The molecule has 7 heteroatoms. The Morgan fingerprint density at radius 2 is 1.72 bits per heavy atom. The van der Waals surface area contributed by atoms with Crippen LogP contribution in [0.25, 0.3) is 0 Å². The Morgan fingerprint density at radius 1 is 1.12 bits per heavy atom. The fraction of sp³-hybridized carbons (Fsp3) is 0.389. The quantitative estimate of drug-likeness (QED) is 0.819. The zero-order valence-electron chi connectivity index (χ0n) is 14.6. The van der Waals surface area contributed by atoms with Crippen LogP contribution in [0, 0.1) is 18.6 Å². The van der Waals surface area contributed by atoms with Gasteiger partial charge in [-0.1, -0.05) is 19.9 Å². The summed E-state index contributed by atoms with van der Waals surface area (Å²) in [6.07, 6.45) is 1.67. The molecule has 0 atom stereocenters. The topological polar surface area (TPSA) is 58.1 Å². The number of amides is 1. The molecule has 1 heterocycles. The molecule has 0 bridgehead atoms. The van der Waals surface area contributed by atoms with Crippen LogP contribution in [0.15, 0.2) is 24.3 Å². The van der Waals surface area contributed by atoms with Crippen LogP contribution in [0.1, 0.15) is 42.9 Å². The van der Waals surface area contributed by atoms with Gasteiger partial charge in [-0.05, 0) is 38.0 Å². The Kier molecular flexibility index (Phi) is 6.38. The van der Waals surface area contributed by atoms with E-state index in [0.29, 0.717) is 18.8 Å². The molecule has 2 aromatic rings. The second kappa shape index (κ2) is 8.50. The molecule has 0 aliphatic heterocycles. The van der Waals surface area contributed by atoms with Gasteiger partial charge in [-0.25, -0.2) is 18.7 Å². The van der Waals surface area contributed by atoms with Crippen molar-refractivity contribution >= 4 is 17.5 Å². The molecule has 1 aromatic heterocycles. The van der Waals surface area contributed by atoms with E-state index in [1.165, 1.54) is 6.07 Å². The van der Waals surface area contributed by atoms with Crippen LogP contribution in [0.4, 0.5) is 20.4 Å². The van der Waals surface area contributed by atoms with Crippen LogP contribution < -0.4 is 5.32 Å². The molecule has 134 valence electrons. The molecule has 25 heavy (non-hydrogen) atoms. The number of carbonyl (C=O) groups excluding carboxylic acids is 1. The van der Waals surface area contributed by atoms with E-state index in [9.17, 15) is 13.6 Å². The Balaban J connectivity index is 2.32. The second-order valence-corrected chi connectivity index (χ2v) is 5.73. The Hall–Kier alpha value is -2.57. The van der Waals surface area contributed by atoms with Crippen molar-refractivity contribution in [1.29, 1.82) is 0 Å². The van der Waals surface area contributed by atoms with Crippen molar-refractivity contribution in [3.05, 3.63) is 47.3 Å². The van der Waals surface area contributed by atoms with Crippen molar-refractivity contribution in [2.75, 3.05) is 18.4 Å². The Bertz CT molecular complexity index is 726. The number of anilines is 2. The van der Waals surface area contributed by atoms with Crippen molar-refractivity contribution in [2.45, 2.75) is 33.6 Å². The smallest absolute Gasteiger partial charge is 0.272 e. The van der Waals surface area contributed by atoms with Gasteiger partial charge < -0.3 is 10.2 Å². The van der Waals surface area contributed by atoms with E-state index in [4.69, 9.17) is 0 Å². The van der Waals surface area contributed by atoms with E-state index in [1.54, 1.807) is 17.9 Å². The number of carbonyl (C=O) groups is 1. The highest BCUT2D eigenvalue weighted by molar-refractivity contribution is 5.92. The minimum absolute atomic E-state index is 0.0136. The predicted octanol–water partition coefficient (Wildman–Crippen LogP) is 4.07. The van der Waals surface area contributed by atoms with Gasteiger partial charge in [0.05, 0.1) is 0 Å². The van der Waals surface area contributed by atoms with E-state index in [2.05, 4.69) is 15.3 Å². The lowest BCUT2D eigenvalue weighted by atomic mass is 10.2. The fourth-order valence-corrected chi connectivity index (χ4v) is 2.48. The second-order valence-electron chi connectivity index (χ2n) is 5.73. The van der Waals surface area contributed by atoms with Gasteiger partial charge in [0, 0.05) is 18.8 Å². The summed E-state index contributed by atoms with van der Waals surface area (Å²) in [5, 5.41) is 2.54. The molecular weight excluding hydrogens is 326 g/mol. The van der Waals surface area contributed by atoms with Gasteiger partial charge in [-0.15, -0.1) is 0 Å². The molecule has 1 N–H and O–H groups in total. The summed E-state index contributed by atoms with van der Waals surface area (Å²) < 4.78 is 27.6. The molecule has 0 radical (unpaired) electrons. The van der Waals surface area contributed by atoms with Crippen LogP contribution in [0.5, 0.6) is 0 Å². The number of rotatable bonds is 7. The van der Waals surface area contributed by atoms with Gasteiger partial charge in [-0.2, -0.15) is 0 Å². The summed E-state index contributed by atoms with van der Waals surface area (Å²) in [5.74, 6) is -1.74. The molecule has 0 fully saturated rings. The van der Waals surface area contributed by atoms with Gasteiger partial charge >= 0.3 is 0 Å². The van der Waals surface area contributed by atoms with Crippen molar-refractivity contribution in [2.24, 2.45) is 0 Å². The van der Waals surface area contributed by atoms with Gasteiger partial charge in [-0.3, -0.25) is 4.79 Å². The van der Waals surface area contributed by atoms with Crippen LogP contribution >= 0.6 is 0 Å². The number of aromatic nitrogens is 2. The van der Waals surface area contributed by atoms with Crippen LogP contribution in [0.2, 0.25) is 0 Å². The number of aryl methyl sites for hydroxylation is 1. The van der Waals surface area contributed by atoms with E-state index in [0.717, 1.165) is 25.0 Å². The molecule has 0 saturated carbocycles. The largest absolute Gasteiger partial charge is 0.337 e. The molecular formula is C18H22F2N4O.